The quantitative estimate of drug-likeness (QED) is 0.874. The summed E-state index contributed by atoms with van der Waals surface area (Å²) >= 11 is 1.75. The lowest BCUT2D eigenvalue weighted by atomic mass is 9.78. The Bertz CT molecular complexity index is 591. The van der Waals surface area contributed by atoms with Crippen LogP contribution in [0.1, 0.15) is 58.2 Å². The average molecular weight is 350 g/mol. The molecule has 1 N–H and O–H groups in total. The summed E-state index contributed by atoms with van der Waals surface area (Å²) in [7, 11) is 1.88. The minimum absolute atomic E-state index is 0.0195. The van der Waals surface area contributed by atoms with E-state index in [-0.39, 0.29) is 22.0 Å². The number of hydrogen-bond acceptors (Lipinski definition) is 3. The second-order valence-corrected chi connectivity index (χ2v) is 10.2. The van der Waals surface area contributed by atoms with E-state index in [1.54, 1.807) is 11.8 Å². The molecule has 0 spiro atoms. The van der Waals surface area contributed by atoms with Crippen molar-refractivity contribution in [1.29, 1.82) is 0 Å². The summed E-state index contributed by atoms with van der Waals surface area (Å²) in [6.45, 7) is 13.5. The van der Waals surface area contributed by atoms with Crippen molar-refractivity contribution in [2.24, 2.45) is 0 Å². The molecule has 0 aliphatic carbocycles. The molecule has 0 bridgehead atoms. The van der Waals surface area contributed by atoms with Crippen LogP contribution in [-0.4, -0.2) is 40.5 Å². The molecule has 1 atom stereocenters. The Balaban J connectivity index is 2.45. The van der Waals surface area contributed by atoms with Crippen LogP contribution in [0.25, 0.3) is 0 Å². The monoisotopic (exact) mass is 349 g/mol. The third-order valence-electron chi connectivity index (χ3n) is 4.60. The van der Waals surface area contributed by atoms with E-state index in [4.69, 9.17) is 0 Å². The topological polar surface area (TPSA) is 40.5 Å². The third kappa shape index (κ3) is 4.08. The molecule has 2 rings (SSSR count). The molecule has 4 heteroatoms. The van der Waals surface area contributed by atoms with Crippen molar-refractivity contribution >= 4 is 17.7 Å². The molecule has 1 aliphatic heterocycles. The van der Waals surface area contributed by atoms with Crippen LogP contribution >= 0.6 is 11.8 Å². The Morgan fingerprint density at radius 2 is 1.62 bits per heavy atom. The zero-order valence-electron chi connectivity index (χ0n) is 16.1. The van der Waals surface area contributed by atoms with Gasteiger partial charge in [0.2, 0.25) is 5.91 Å². The fourth-order valence-corrected chi connectivity index (χ4v) is 4.37. The van der Waals surface area contributed by atoms with E-state index in [0.29, 0.717) is 5.75 Å². The minimum Gasteiger partial charge on any atom is -0.507 e. The Morgan fingerprint density at radius 3 is 2.08 bits per heavy atom. The number of rotatable bonds is 2. The van der Waals surface area contributed by atoms with Crippen molar-refractivity contribution in [2.45, 2.75) is 64.0 Å². The first-order valence-electron chi connectivity index (χ1n) is 8.64. The van der Waals surface area contributed by atoms with Crippen LogP contribution in [0.2, 0.25) is 0 Å². The van der Waals surface area contributed by atoms with E-state index >= 15 is 0 Å². The van der Waals surface area contributed by atoms with Crippen LogP contribution in [-0.2, 0) is 22.0 Å². The van der Waals surface area contributed by atoms with Gasteiger partial charge in [0.1, 0.15) is 5.75 Å². The zero-order valence-corrected chi connectivity index (χ0v) is 16.9. The summed E-state index contributed by atoms with van der Waals surface area (Å²) in [6, 6.07) is 4.18. The van der Waals surface area contributed by atoms with Gasteiger partial charge in [0.25, 0.3) is 0 Å². The van der Waals surface area contributed by atoms with Gasteiger partial charge >= 0.3 is 0 Å². The summed E-state index contributed by atoms with van der Waals surface area (Å²) in [4.78, 5) is 14.2. The smallest absolute Gasteiger partial charge is 0.235 e. The lowest BCUT2D eigenvalue weighted by Gasteiger charge is -2.31. The van der Waals surface area contributed by atoms with Gasteiger partial charge in [-0.3, -0.25) is 4.79 Å². The van der Waals surface area contributed by atoms with E-state index < -0.39 is 0 Å². The minimum atomic E-state index is -0.138. The maximum atomic E-state index is 12.4. The number of carbonyl (C=O) groups excluding carboxylic acids is 1. The van der Waals surface area contributed by atoms with Crippen molar-refractivity contribution in [3.05, 3.63) is 28.8 Å². The van der Waals surface area contributed by atoms with Crippen LogP contribution in [0, 0.1) is 0 Å². The number of aromatic hydroxyl groups is 1. The largest absolute Gasteiger partial charge is 0.507 e. The molecule has 134 valence electrons. The van der Waals surface area contributed by atoms with Crippen LogP contribution in [0.3, 0.4) is 0 Å². The molecular weight excluding hydrogens is 318 g/mol. The molecule has 1 aromatic carbocycles. The summed E-state index contributed by atoms with van der Waals surface area (Å²) < 4.78 is 0. The number of nitrogens with zero attached hydrogens (tertiary/aromatic N) is 1. The Morgan fingerprint density at radius 1 is 1.12 bits per heavy atom. The average Bonchev–Trinajstić information content (AvgIpc) is 2.43. The lowest BCUT2D eigenvalue weighted by molar-refractivity contribution is -0.129. The number of amides is 1. The summed E-state index contributed by atoms with van der Waals surface area (Å²) in [5, 5.41) is 10.8. The van der Waals surface area contributed by atoms with Gasteiger partial charge in [-0.1, -0.05) is 53.7 Å². The highest BCUT2D eigenvalue weighted by Gasteiger charge is 2.30. The molecule has 0 aromatic heterocycles. The van der Waals surface area contributed by atoms with Gasteiger partial charge < -0.3 is 10.0 Å². The van der Waals surface area contributed by atoms with Crippen LogP contribution in [0.4, 0.5) is 0 Å². The van der Waals surface area contributed by atoms with Gasteiger partial charge in [0, 0.05) is 19.3 Å². The van der Waals surface area contributed by atoms with Gasteiger partial charge in [0.15, 0.2) is 0 Å². The molecule has 1 aromatic rings. The number of carbonyl (C=O) groups is 1. The number of benzene rings is 1. The first-order chi connectivity index (χ1) is 10.9. The van der Waals surface area contributed by atoms with Crippen molar-refractivity contribution < 1.29 is 9.90 Å². The normalized spacial score (nSPS) is 19.7. The zero-order chi connectivity index (χ0) is 18.3. The van der Waals surface area contributed by atoms with Gasteiger partial charge in [-0.05, 0) is 33.9 Å². The van der Waals surface area contributed by atoms with Crippen molar-refractivity contribution in [2.75, 3.05) is 19.3 Å². The third-order valence-corrected chi connectivity index (χ3v) is 5.79. The SMILES string of the molecule is CN1CCSC(Cc2cc(C(C)(C)C)c(O)c(C(C)(C)C)c2)C1=O. The maximum Gasteiger partial charge on any atom is 0.235 e. The highest BCUT2D eigenvalue weighted by Crippen LogP contribution is 2.40. The Hall–Kier alpha value is -1.16. The highest BCUT2D eigenvalue weighted by molar-refractivity contribution is 8.00. The van der Waals surface area contributed by atoms with Crippen LogP contribution < -0.4 is 0 Å². The number of hydrogen-bond donors (Lipinski definition) is 1. The number of phenols is 1. The molecule has 0 radical (unpaired) electrons. The molecule has 3 nitrogen and oxygen atoms in total. The molecule has 1 saturated heterocycles. The second-order valence-electron chi connectivity index (χ2n) is 8.86. The maximum absolute atomic E-state index is 12.4. The van der Waals surface area contributed by atoms with Crippen LogP contribution in [0.15, 0.2) is 12.1 Å². The van der Waals surface area contributed by atoms with Gasteiger partial charge in [-0.25, -0.2) is 0 Å². The number of phenolic OH excluding ortho intramolecular Hbond substituents is 1. The van der Waals surface area contributed by atoms with Crippen molar-refractivity contribution in [3.8, 4) is 5.75 Å². The second kappa shape index (κ2) is 6.62. The molecule has 1 fully saturated rings. The summed E-state index contributed by atoms with van der Waals surface area (Å²) in [5.74, 6) is 1.61. The van der Waals surface area contributed by atoms with Gasteiger partial charge in [-0.2, -0.15) is 0 Å². The van der Waals surface area contributed by atoms with E-state index in [1.807, 2.05) is 11.9 Å². The molecule has 1 unspecified atom stereocenters. The molecule has 0 saturated carbocycles. The standard InChI is InChI=1S/C20H31NO2S/c1-19(2,3)14-10-13(11-15(17(14)22)20(4,5)6)12-16-18(23)21(7)8-9-24-16/h10-11,16,22H,8-9,12H2,1-7H3. The van der Waals surface area contributed by atoms with E-state index in [2.05, 4.69) is 53.7 Å². The summed E-state index contributed by atoms with van der Waals surface area (Å²) in [5.41, 5.74) is 2.79. The van der Waals surface area contributed by atoms with Gasteiger partial charge in [0.05, 0.1) is 5.25 Å². The Kier molecular flexibility index (Phi) is 5.29. The molecule has 24 heavy (non-hydrogen) atoms. The van der Waals surface area contributed by atoms with E-state index in [9.17, 15) is 9.90 Å². The molecule has 1 amide bonds. The van der Waals surface area contributed by atoms with E-state index in [1.165, 1.54) is 0 Å². The molecule has 1 heterocycles. The van der Waals surface area contributed by atoms with Gasteiger partial charge in [-0.15, -0.1) is 11.8 Å². The van der Waals surface area contributed by atoms with E-state index in [0.717, 1.165) is 35.4 Å². The predicted octanol–water partition coefficient (Wildman–Crippen LogP) is 4.10. The fourth-order valence-electron chi connectivity index (χ4n) is 3.08. The summed E-state index contributed by atoms with van der Waals surface area (Å²) in [6.07, 6.45) is 0.722. The van der Waals surface area contributed by atoms with Crippen molar-refractivity contribution in [1.82, 2.24) is 4.90 Å². The predicted molar refractivity (Wildman–Crippen MR) is 103 cm³/mol. The first kappa shape index (κ1) is 19.2. The fraction of sp³-hybridized carbons (Fsp3) is 0.650. The van der Waals surface area contributed by atoms with Crippen molar-refractivity contribution in [3.63, 3.8) is 0 Å². The lowest BCUT2D eigenvalue weighted by Crippen LogP contribution is -2.41. The highest BCUT2D eigenvalue weighted by atomic mass is 32.2. The molecule has 1 aliphatic rings. The Labute approximate surface area is 150 Å². The van der Waals surface area contributed by atoms with Crippen LogP contribution in [0.5, 0.6) is 5.75 Å². The molecular formula is C20H31NO2S. The number of thioether (sulfide) groups is 1. The first-order valence-corrected chi connectivity index (χ1v) is 9.69.